The normalized spacial score (nSPS) is 11.8. The van der Waals surface area contributed by atoms with E-state index in [1.54, 1.807) is 13.2 Å². The van der Waals surface area contributed by atoms with Gasteiger partial charge in [0.15, 0.2) is 0 Å². The molecular formula is C11H19N5O. The lowest BCUT2D eigenvalue weighted by atomic mass is 10.1. The van der Waals surface area contributed by atoms with E-state index in [0.29, 0.717) is 12.4 Å². The fraction of sp³-hybridized carbons (Fsp3) is 0.455. The Morgan fingerprint density at radius 3 is 2.94 bits per heavy atom. The van der Waals surface area contributed by atoms with Crippen LogP contribution in [0.15, 0.2) is 18.3 Å². The zero-order valence-electron chi connectivity index (χ0n) is 10.4. The van der Waals surface area contributed by atoms with Crippen LogP contribution in [0.3, 0.4) is 0 Å². The molecule has 0 aromatic carbocycles. The minimum Gasteiger partial charge on any atom is -0.374 e. The second kappa shape index (κ2) is 6.05. The second-order valence-corrected chi connectivity index (χ2v) is 3.94. The summed E-state index contributed by atoms with van der Waals surface area (Å²) in [6.45, 7) is 2.52. The van der Waals surface area contributed by atoms with E-state index in [1.165, 1.54) is 0 Å². The Morgan fingerprint density at radius 2 is 2.35 bits per heavy atom. The molecule has 4 N–H and O–H groups in total. The summed E-state index contributed by atoms with van der Waals surface area (Å²) in [7, 11) is 3.57. The summed E-state index contributed by atoms with van der Waals surface area (Å²) in [6.07, 6.45) is 1.67. The van der Waals surface area contributed by atoms with Crippen LogP contribution in [-0.2, 0) is 4.79 Å². The molecule has 17 heavy (non-hydrogen) atoms. The van der Waals surface area contributed by atoms with Crippen molar-refractivity contribution in [3.8, 4) is 0 Å². The predicted octanol–water partition coefficient (Wildman–Crippen LogP) is 0.186. The summed E-state index contributed by atoms with van der Waals surface area (Å²) >= 11 is 0. The monoisotopic (exact) mass is 237 g/mol. The predicted molar refractivity (Wildman–Crippen MR) is 68.5 cm³/mol. The fourth-order valence-corrected chi connectivity index (χ4v) is 1.58. The lowest BCUT2D eigenvalue weighted by Gasteiger charge is -2.22. The van der Waals surface area contributed by atoms with Gasteiger partial charge in [-0.25, -0.2) is 10.8 Å². The van der Waals surface area contributed by atoms with Crippen LogP contribution in [0.4, 0.5) is 11.5 Å². The molecule has 1 rings (SSSR count). The highest BCUT2D eigenvalue weighted by molar-refractivity contribution is 5.78. The number of carbonyl (C=O) groups excluding carboxylic acids is 1. The number of anilines is 2. The maximum absolute atomic E-state index is 11.4. The summed E-state index contributed by atoms with van der Waals surface area (Å²) in [5, 5.41) is 2.63. The first-order valence-electron chi connectivity index (χ1n) is 5.44. The largest absolute Gasteiger partial charge is 0.374 e. The smallest absolute Gasteiger partial charge is 0.224 e. The molecule has 0 aliphatic rings. The van der Waals surface area contributed by atoms with E-state index in [-0.39, 0.29) is 11.8 Å². The molecule has 0 saturated carbocycles. The molecule has 1 amide bonds. The van der Waals surface area contributed by atoms with Crippen molar-refractivity contribution in [3.05, 3.63) is 18.3 Å². The molecule has 94 valence electrons. The van der Waals surface area contributed by atoms with Gasteiger partial charge >= 0.3 is 0 Å². The summed E-state index contributed by atoms with van der Waals surface area (Å²) < 4.78 is 0. The third-order valence-corrected chi connectivity index (χ3v) is 2.57. The number of nitrogens with one attached hydrogen (secondary N) is 2. The number of rotatable bonds is 5. The molecule has 0 fully saturated rings. The molecule has 0 bridgehead atoms. The van der Waals surface area contributed by atoms with E-state index >= 15 is 0 Å². The zero-order chi connectivity index (χ0) is 12.8. The molecule has 6 nitrogen and oxygen atoms in total. The minimum atomic E-state index is -0.0764. The SMILES string of the molecule is CNC(=O)C(C)CN(C)c1ccnc(NN)c1. The van der Waals surface area contributed by atoms with Crippen molar-refractivity contribution in [3.63, 3.8) is 0 Å². The van der Waals surface area contributed by atoms with Crippen LogP contribution >= 0.6 is 0 Å². The third-order valence-electron chi connectivity index (χ3n) is 2.57. The first-order valence-corrected chi connectivity index (χ1v) is 5.44. The first-order chi connectivity index (χ1) is 8.08. The number of aromatic nitrogens is 1. The maximum Gasteiger partial charge on any atom is 0.224 e. The maximum atomic E-state index is 11.4. The lowest BCUT2D eigenvalue weighted by molar-refractivity contribution is -0.123. The van der Waals surface area contributed by atoms with Crippen molar-refractivity contribution >= 4 is 17.4 Å². The Balaban J connectivity index is 2.68. The Bertz CT molecular complexity index is 382. The quantitative estimate of drug-likeness (QED) is 0.503. The van der Waals surface area contributed by atoms with Crippen LogP contribution in [-0.4, -0.2) is 31.5 Å². The summed E-state index contributed by atoms with van der Waals surface area (Å²) in [4.78, 5) is 17.4. The van der Waals surface area contributed by atoms with Crippen LogP contribution in [0.1, 0.15) is 6.92 Å². The van der Waals surface area contributed by atoms with Gasteiger partial charge in [-0.15, -0.1) is 0 Å². The van der Waals surface area contributed by atoms with E-state index < -0.39 is 0 Å². The van der Waals surface area contributed by atoms with Crippen molar-refractivity contribution < 1.29 is 4.79 Å². The number of nitrogen functional groups attached to an aromatic ring is 1. The van der Waals surface area contributed by atoms with Crippen LogP contribution in [0, 0.1) is 5.92 Å². The number of hydrazine groups is 1. The zero-order valence-corrected chi connectivity index (χ0v) is 10.4. The van der Waals surface area contributed by atoms with Gasteiger partial charge in [-0.2, -0.15) is 0 Å². The van der Waals surface area contributed by atoms with Gasteiger partial charge in [0.1, 0.15) is 5.82 Å². The molecule has 1 aromatic heterocycles. The highest BCUT2D eigenvalue weighted by Gasteiger charge is 2.14. The van der Waals surface area contributed by atoms with Gasteiger partial charge in [-0.3, -0.25) is 4.79 Å². The van der Waals surface area contributed by atoms with Gasteiger partial charge in [0, 0.05) is 38.6 Å². The number of nitrogens with two attached hydrogens (primary N) is 1. The molecule has 1 atom stereocenters. The Morgan fingerprint density at radius 1 is 1.65 bits per heavy atom. The Hall–Kier alpha value is -1.82. The minimum absolute atomic E-state index is 0.0306. The highest BCUT2D eigenvalue weighted by atomic mass is 16.1. The van der Waals surface area contributed by atoms with Gasteiger partial charge < -0.3 is 15.6 Å². The van der Waals surface area contributed by atoms with Gasteiger partial charge in [0.05, 0.1) is 5.92 Å². The number of hydrogen-bond acceptors (Lipinski definition) is 5. The molecule has 1 unspecified atom stereocenters. The van der Waals surface area contributed by atoms with Gasteiger partial charge in [0.2, 0.25) is 5.91 Å². The van der Waals surface area contributed by atoms with E-state index in [9.17, 15) is 4.79 Å². The lowest BCUT2D eigenvalue weighted by Crippen LogP contribution is -2.34. The van der Waals surface area contributed by atoms with Gasteiger partial charge in [-0.1, -0.05) is 6.92 Å². The fourth-order valence-electron chi connectivity index (χ4n) is 1.58. The molecular weight excluding hydrogens is 218 g/mol. The first kappa shape index (κ1) is 13.2. The molecule has 0 saturated heterocycles. The summed E-state index contributed by atoms with van der Waals surface area (Å²) in [5.74, 6) is 5.85. The van der Waals surface area contributed by atoms with Crippen molar-refractivity contribution in [1.82, 2.24) is 10.3 Å². The topological polar surface area (TPSA) is 83.3 Å². The van der Waals surface area contributed by atoms with Crippen LogP contribution in [0.25, 0.3) is 0 Å². The number of amides is 1. The third kappa shape index (κ3) is 3.60. The van der Waals surface area contributed by atoms with Gasteiger partial charge in [0.25, 0.3) is 0 Å². The molecule has 1 aromatic rings. The van der Waals surface area contributed by atoms with Crippen LogP contribution in [0.5, 0.6) is 0 Å². The van der Waals surface area contributed by atoms with Gasteiger partial charge in [-0.05, 0) is 6.07 Å². The number of nitrogens with zero attached hydrogens (tertiary/aromatic N) is 2. The average Bonchev–Trinajstić information content (AvgIpc) is 2.37. The van der Waals surface area contributed by atoms with E-state index in [2.05, 4.69) is 15.7 Å². The molecule has 1 heterocycles. The number of carbonyl (C=O) groups is 1. The second-order valence-electron chi connectivity index (χ2n) is 3.94. The standard InChI is InChI=1S/C11H19N5O/c1-8(11(17)13-2)7-16(3)9-4-5-14-10(6-9)15-12/h4-6,8H,7,12H2,1-3H3,(H,13,17)(H,14,15). The Labute approximate surface area is 101 Å². The average molecular weight is 237 g/mol. The van der Waals surface area contributed by atoms with Crippen LogP contribution in [0.2, 0.25) is 0 Å². The van der Waals surface area contributed by atoms with E-state index in [0.717, 1.165) is 5.69 Å². The van der Waals surface area contributed by atoms with E-state index in [4.69, 9.17) is 5.84 Å². The summed E-state index contributed by atoms with van der Waals surface area (Å²) in [6, 6.07) is 3.70. The molecule has 0 radical (unpaired) electrons. The molecule has 0 aliphatic heterocycles. The van der Waals surface area contributed by atoms with Crippen molar-refractivity contribution in [2.75, 3.05) is 31.0 Å². The summed E-state index contributed by atoms with van der Waals surface area (Å²) in [5.41, 5.74) is 3.45. The molecule has 0 aliphatic carbocycles. The molecule has 6 heteroatoms. The van der Waals surface area contributed by atoms with Crippen molar-refractivity contribution in [1.29, 1.82) is 0 Å². The van der Waals surface area contributed by atoms with Crippen molar-refractivity contribution in [2.45, 2.75) is 6.92 Å². The van der Waals surface area contributed by atoms with E-state index in [1.807, 2.05) is 31.0 Å². The van der Waals surface area contributed by atoms with Crippen molar-refractivity contribution in [2.24, 2.45) is 11.8 Å². The Kier molecular flexibility index (Phi) is 4.71. The number of pyridine rings is 1. The highest BCUT2D eigenvalue weighted by Crippen LogP contribution is 2.16. The molecule has 0 spiro atoms. The number of hydrogen-bond donors (Lipinski definition) is 3. The van der Waals surface area contributed by atoms with Crippen LogP contribution < -0.4 is 21.5 Å².